The van der Waals surface area contributed by atoms with Gasteiger partial charge < -0.3 is 23.6 Å². The summed E-state index contributed by atoms with van der Waals surface area (Å²) >= 11 is 4.79. The average Bonchev–Trinajstić information content (AvgIpc) is 2.93. The van der Waals surface area contributed by atoms with Crippen molar-refractivity contribution in [2.24, 2.45) is 0 Å². The molecule has 3 aromatic rings. The zero-order valence-electron chi connectivity index (χ0n) is 23.6. The first-order valence-corrected chi connectivity index (χ1v) is 18.5. The second-order valence-electron chi connectivity index (χ2n) is 9.31. The number of hydrogen-bond donors (Lipinski definition) is 2. The van der Waals surface area contributed by atoms with Gasteiger partial charge in [0.05, 0.1) is 19.8 Å². The molecule has 0 aromatic heterocycles. The van der Waals surface area contributed by atoms with E-state index in [1.165, 1.54) is 26.0 Å². The van der Waals surface area contributed by atoms with Crippen LogP contribution >= 0.6 is 42.9 Å². The highest BCUT2D eigenvalue weighted by molar-refractivity contribution is 9.10. The van der Waals surface area contributed by atoms with E-state index in [4.69, 9.17) is 13.8 Å². The molecule has 0 saturated carbocycles. The predicted molar refractivity (Wildman–Crippen MR) is 168 cm³/mol. The van der Waals surface area contributed by atoms with E-state index < -0.39 is 26.4 Å². The third kappa shape index (κ3) is 8.76. The van der Waals surface area contributed by atoms with Gasteiger partial charge in [-0.2, -0.15) is 20.5 Å². The van der Waals surface area contributed by atoms with Crippen LogP contribution in [0.2, 0.25) is 0 Å². The van der Waals surface area contributed by atoms with Crippen molar-refractivity contribution < 1.29 is 41.5 Å². The van der Waals surface area contributed by atoms with Gasteiger partial charge in [-0.3, -0.25) is 9.13 Å². The second kappa shape index (κ2) is 15.4. The summed E-state index contributed by atoms with van der Waals surface area (Å²) in [7, 11) is -9.24. The minimum Gasteiger partial charge on any atom is -0.493 e. The van der Waals surface area contributed by atoms with Gasteiger partial charge in [0.1, 0.15) is 11.1 Å². The van der Waals surface area contributed by atoms with Crippen molar-refractivity contribution in [2.75, 3.05) is 19.8 Å². The van der Waals surface area contributed by atoms with Crippen LogP contribution in [-0.4, -0.2) is 29.6 Å². The van der Waals surface area contributed by atoms with E-state index in [-0.39, 0.29) is 28.7 Å². The van der Waals surface area contributed by atoms with Crippen LogP contribution < -0.4 is 10.0 Å². The molecule has 0 amide bonds. The number of alkyl halides is 2. The first-order valence-electron chi connectivity index (χ1n) is 13.4. The maximum Gasteiger partial charge on any atom is 0.404 e. The highest BCUT2D eigenvalue weighted by atomic mass is 79.9. The van der Waals surface area contributed by atoms with Gasteiger partial charge in [-0.25, -0.2) is 0 Å². The molecule has 0 fully saturated rings. The molecule has 0 atom stereocenters. The normalized spacial score (nSPS) is 12.5. The molecule has 0 saturated heterocycles. The summed E-state index contributed by atoms with van der Waals surface area (Å²) in [6.07, 6.45) is 1.69. The van der Waals surface area contributed by atoms with Crippen molar-refractivity contribution in [3.63, 3.8) is 0 Å². The fourth-order valence-electron chi connectivity index (χ4n) is 4.03. The first kappa shape index (κ1) is 34.9. The Morgan fingerprint density at radius 1 is 0.857 bits per heavy atom. The van der Waals surface area contributed by atoms with Crippen LogP contribution in [-0.2, 0) is 35.3 Å². The molecule has 3 rings (SSSR count). The molecule has 0 unspecified atom stereocenters. The van der Waals surface area contributed by atoms with Gasteiger partial charge in [0.15, 0.2) is 0 Å². The molecule has 0 heterocycles. The van der Waals surface area contributed by atoms with Crippen molar-refractivity contribution in [3.8, 4) is 16.9 Å². The fourth-order valence-corrected chi connectivity index (χ4v) is 8.11. The van der Waals surface area contributed by atoms with Crippen LogP contribution in [0, 0.1) is 0 Å². The molecule has 0 bridgehead atoms. The maximum atomic E-state index is 15.2. The Kier molecular flexibility index (Phi) is 12.8. The van der Waals surface area contributed by atoms with E-state index in [1.54, 1.807) is 36.0 Å². The third-order valence-electron chi connectivity index (χ3n) is 6.15. The molecule has 0 radical (unpaired) electrons. The molecule has 2 N–H and O–H groups in total. The number of ether oxygens (including phenoxy) is 1. The van der Waals surface area contributed by atoms with Gasteiger partial charge in [0.25, 0.3) is 0 Å². The lowest BCUT2D eigenvalue weighted by Crippen LogP contribution is -2.19. The predicted octanol–water partition coefficient (Wildman–Crippen LogP) is 8.85. The van der Waals surface area contributed by atoms with Crippen molar-refractivity contribution in [2.45, 2.75) is 50.8 Å². The maximum absolute atomic E-state index is 15.2. The minimum absolute atomic E-state index is 0.117. The largest absolute Gasteiger partial charge is 0.493 e. The summed E-state index contributed by atoms with van der Waals surface area (Å²) in [4.78, 5) is 19.7. The van der Waals surface area contributed by atoms with Gasteiger partial charge in [0, 0.05) is 21.5 Å². The highest BCUT2D eigenvalue weighted by Gasteiger charge is 2.55. The molecule has 3 aromatic carbocycles. The van der Waals surface area contributed by atoms with E-state index in [2.05, 4.69) is 15.9 Å². The molecule has 0 spiro atoms. The second-order valence-corrected chi connectivity index (χ2v) is 14.8. The zero-order valence-corrected chi connectivity index (χ0v) is 27.8. The van der Waals surface area contributed by atoms with Gasteiger partial charge >= 0.3 is 20.9 Å². The summed E-state index contributed by atoms with van der Waals surface area (Å²) in [5, 5.41) is -0.135. The Hall–Kier alpha value is -1.55. The topological polar surface area (TPSA) is 102 Å². The Morgan fingerprint density at radius 2 is 1.45 bits per heavy atom. The van der Waals surface area contributed by atoms with Crippen molar-refractivity contribution in [1.82, 2.24) is 0 Å². The molecule has 42 heavy (non-hydrogen) atoms. The number of halogens is 3. The number of rotatable bonds is 16. The van der Waals surface area contributed by atoms with Crippen LogP contribution in [0.4, 0.5) is 8.78 Å². The smallest absolute Gasteiger partial charge is 0.404 e. The van der Waals surface area contributed by atoms with E-state index in [0.717, 1.165) is 29.5 Å². The first-order chi connectivity index (χ1) is 19.9. The summed E-state index contributed by atoms with van der Waals surface area (Å²) in [6.45, 7) is 5.01. The lowest BCUT2D eigenvalue weighted by Gasteiger charge is -2.26. The Bertz CT molecular complexity index is 1420. The van der Waals surface area contributed by atoms with Crippen LogP contribution in [0.5, 0.6) is 5.75 Å². The standard InChI is InChI=1S/C29H35BrF2O7P2S/c1-4-7-16-37-27-15-13-24(18-28(27)40(33,34)35)23-11-8-21(9-12-23)19-42-20-22-10-14-25(26(30)17-22)29(31,32)41(36,38-5-2)39-6-3/h8-15,17-18H,4-7,16,19-20H2,1-3H3,(H2,33,34,35). The summed E-state index contributed by atoms with van der Waals surface area (Å²) in [5.74, 6) is 1.39. The molecule has 0 aliphatic carbocycles. The molecule has 7 nitrogen and oxygen atoms in total. The molecule has 0 aliphatic rings. The number of thioether (sulfide) groups is 1. The summed E-state index contributed by atoms with van der Waals surface area (Å²) < 4.78 is 70.7. The molecule has 13 heteroatoms. The molecule has 230 valence electrons. The molecular formula is C29H35BrF2O7P2S. The Balaban J connectivity index is 1.67. The monoisotopic (exact) mass is 706 g/mol. The lowest BCUT2D eigenvalue weighted by molar-refractivity contribution is 0.0354. The minimum atomic E-state index is -4.71. The van der Waals surface area contributed by atoms with Crippen molar-refractivity contribution in [1.29, 1.82) is 0 Å². The Morgan fingerprint density at radius 3 is 2.02 bits per heavy atom. The lowest BCUT2D eigenvalue weighted by atomic mass is 10.0. The van der Waals surface area contributed by atoms with E-state index in [1.807, 2.05) is 31.2 Å². The average molecular weight is 708 g/mol. The van der Waals surface area contributed by atoms with E-state index >= 15 is 8.78 Å². The van der Waals surface area contributed by atoms with Crippen LogP contribution in [0.15, 0.2) is 65.1 Å². The highest BCUT2D eigenvalue weighted by Crippen LogP contribution is 2.67. The number of hydrogen-bond acceptors (Lipinski definition) is 6. The van der Waals surface area contributed by atoms with Gasteiger partial charge in [0.2, 0.25) is 0 Å². The van der Waals surface area contributed by atoms with E-state index in [0.29, 0.717) is 23.7 Å². The molecule has 0 aliphatic heterocycles. The van der Waals surface area contributed by atoms with Gasteiger partial charge in [-0.05, 0) is 60.7 Å². The van der Waals surface area contributed by atoms with Crippen molar-refractivity contribution >= 4 is 48.2 Å². The SMILES string of the molecule is CCCCOc1ccc(-c2ccc(CSCc3ccc(C(F)(F)P(=O)(OCC)OCC)c(Br)c3)cc2)cc1P(=O)(O)O. The Labute approximate surface area is 258 Å². The quantitative estimate of drug-likeness (QED) is 0.113. The summed E-state index contributed by atoms with van der Waals surface area (Å²) in [6, 6.07) is 16.9. The number of benzene rings is 3. The van der Waals surface area contributed by atoms with Crippen LogP contribution in [0.1, 0.15) is 50.3 Å². The zero-order chi connectivity index (χ0) is 31.0. The summed E-state index contributed by atoms with van der Waals surface area (Å²) in [5.41, 5.74) is -0.989. The van der Waals surface area contributed by atoms with Gasteiger partial charge in [-0.1, -0.05) is 71.7 Å². The van der Waals surface area contributed by atoms with Crippen LogP contribution in [0.25, 0.3) is 11.1 Å². The van der Waals surface area contributed by atoms with Gasteiger partial charge in [-0.15, -0.1) is 0 Å². The number of unbranched alkanes of at least 4 members (excludes halogenated alkanes) is 1. The fraction of sp³-hybridized carbons (Fsp3) is 0.379. The third-order valence-corrected chi connectivity index (χ3v) is 11.0. The van der Waals surface area contributed by atoms with E-state index in [9.17, 15) is 18.9 Å². The van der Waals surface area contributed by atoms with Crippen LogP contribution in [0.3, 0.4) is 0 Å². The van der Waals surface area contributed by atoms with Crippen molar-refractivity contribution in [3.05, 3.63) is 81.8 Å². The molecular weight excluding hydrogens is 672 g/mol.